The molecule has 0 spiro atoms. The molecule has 0 aliphatic rings. The highest BCUT2D eigenvalue weighted by Crippen LogP contribution is 2.18. The van der Waals surface area contributed by atoms with Crippen LogP contribution in [0.1, 0.15) is 30.5 Å². The molecule has 0 fully saturated rings. The first-order chi connectivity index (χ1) is 13.8. The standard InChI is InChI=1S/C20H19NO7S/c1-12-4-5-16(29-12)6-7-18(23)28-11-17(22)21-15-9-13(19(24)26-2)8-14(10-15)20(25)27-3/h4-10H,11H2,1-3H3,(H,21,22)/b7-6+. The molecule has 1 aromatic carbocycles. The number of nitrogens with one attached hydrogen (secondary N) is 1. The molecule has 0 unspecified atom stereocenters. The number of hydrogen-bond donors (Lipinski definition) is 1. The van der Waals surface area contributed by atoms with Gasteiger partial charge in [0.2, 0.25) is 0 Å². The van der Waals surface area contributed by atoms with Crippen LogP contribution in [-0.4, -0.2) is 44.6 Å². The van der Waals surface area contributed by atoms with E-state index in [2.05, 4.69) is 14.8 Å². The average molecular weight is 417 g/mol. The van der Waals surface area contributed by atoms with Gasteiger partial charge in [0.1, 0.15) is 0 Å². The van der Waals surface area contributed by atoms with Gasteiger partial charge >= 0.3 is 17.9 Å². The number of carbonyl (C=O) groups excluding carboxylic acids is 4. The van der Waals surface area contributed by atoms with Crippen molar-refractivity contribution in [1.82, 2.24) is 0 Å². The van der Waals surface area contributed by atoms with Crippen LogP contribution in [0.5, 0.6) is 0 Å². The van der Waals surface area contributed by atoms with E-state index < -0.39 is 30.4 Å². The smallest absolute Gasteiger partial charge is 0.337 e. The van der Waals surface area contributed by atoms with Crippen LogP contribution in [0.15, 0.2) is 36.4 Å². The highest BCUT2D eigenvalue weighted by Gasteiger charge is 2.15. The summed E-state index contributed by atoms with van der Waals surface area (Å²) in [6.45, 7) is 1.41. The fourth-order valence-corrected chi connectivity index (χ4v) is 3.03. The van der Waals surface area contributed by atoms with Crippen LogP contribution in [0.2, 0.25) is 0 Å². The molecule has 8 nitrogen and oxygen atoms in total. The molecule has 0 radical (unpaired) electrons. The molecule has 29 heavy (non-hydrogen) atoms. The van der Waals surface area contributed by atoms with Crippen LogP contribution in [0, 0.1) is 6.92 Å². The Bertz CT molecular complexity index is 927. The topological polar surface area (TPSA) is 108 Å². The highest BCUT2D eigenvalue weighted by molar-refractivity contribution is 7.12. The van der Waals surface area contributed by atoms with Crippen molar-refractivity contribution in [1.29, 1.82) is 0 Å². The molecular weight excluding hydrogens is 398 g/mol. The van der Waals surface area contributed by atoms with Crippen LogP contribution in [0.25, 0.3) is 6.08 Å². The Balaban J connectivity index is 2.00. The molecule has 0 aliphatic heterocycles. The van der Waals surface area contributed by atoms with Crippen LogP contribution < -0.4 is 5.32 Å². The van der Waals surface area contributed by atoms with Crippen LogP contribution in [0.3, 0.4) is 0 Å². The maximum atomic E-state index is 12.1. The first-order valence-corrected chi connectivity index (χ1v) is 9.17. The molecule has 0 saturated carbocycles. The van der Waals surface area contributed by atoms with Gasteiger partial charge < -0.3 is 19.5 Å². The summed E-state index contributed by atoms with van der Waals surface area (Å²) in [5, 5.41) is 2.46. The number of hydrogen-bond acceptors (Lipinski definition) is 8. The van der Waals surface area contributed by atoms with E-state index in [0.717, 1.165) is 9.75 Å². The number of amides is 1. The van der Waals surface area contributed by atoms with Crippen molar-refractivity contribution in [3.05, 3.63) is 57.3 Å². The number of thiophene rings is 1. The Morgan fingerprint density at radius 2 is 1.62 bits per heavy atom. The summed E-state index contributed by atoms with van der Waals surface area (Å²) in [6.07, 6.45) is 2.83. The lowest BCUT2D eigenvalue weighted by molar-refractivity contribution is -0.142. The molecule has 0 bridgehead atoms. The summed E-state index contributed by atoms with van der Waals surface area (Å²) in [4.78, 5) is 49.3. The molecule has 0 saturated heterocycles. The van der Waals surface area contributed by atoms with Gasteiger partial charge in [0.05, 0.1) is 25.3 Å². The summed E-state index contributed by atoms with van der Waals surface area (Å²) in [7, 11) is 2.38. The maximum Gasteiger partial charge on any atom is 0.337 e. The molecule has 1 heterocycles. The minimum Gasteiger partial charge on any atom is -0.465 e. The lowest BCUT2D eigenvalue weighted by Crippen LogP contribution is -2.20. The Labute approximate surface area is 171 Å². The largest absolute Gasteiger partial charge is 0.465 e. The molecule has 2 aromatic rings. The third-order valence-electron chi connectivity index (χ3n) is 3.55. The number of ether oxygens (including phenoxy) is 3. The van der Waals surface area contributed by atoms with Crippen molar-refractivity contribution in [3.8, 4) is 0 Å². The fraction of sp³-hybridized carbons (Fsp3) is 0.200. The first-order valence-electron chi connectivity index (χ1n) is 8.35. The maximum absolute atomic E-state index is 12.1. The monoisotopic (exact) mass is 417 g/mol. The summed E-state index contributed by atoms with van der Waals surface area (Å²) < 4.78 is 14.1. The first kappa shape index (κ1) is 21.8. The number of methoxy groups -OCH3 is 2. The summed E-state index contributed by atoms with van der Waals surface area (Å²) >= 11 is 1.52. The number of rotatable bonds is 7. The Morgan fingerprint density at radius 3 is 2.14 bits per heavy atom. The minimum absolute atomic E-state index is 0.0527. The van der Waals surface area contributed by atoms with Gasteiger partial charge in [0.25, 0.3) is 5.91 Å². The van der Waals surface area contributed by atoms with E-state index in [4.69, 9.17) is 4.74 Å². The molecule has 1 aromatic heterocycles. The molecule has 9 heteroatoms. The van der Waals surface area contributed by atoms with Gasteiger partial charge in [-0.25, -0.2) is 14.4 Å². The van der Waals surface area contributed by atoms with E-state index in [1.54, 1.807) is 6.08 Å². The van der Waals surface area contributed by atoms with Gasteiger partial charge in [0.15, 0.2) is 6.61 Å². The predicted molar refractivity (Wildman–Crippen MR) is 107 cm³/mol. The second-order valence-electron chi connectivity index (χ2n) is 5.72. The van der Waals surface area contributed by atoms with E-state index in [1.165, 1.54) is 49.8 Å². The normalized spacial score (nSPS) is 10.4. The van der Waals surface area contributed by atoms with Gasteiger partial charge in [-0.3, -0.25) is 4.79 Å². The van der Waals surface area contributed by atoms with Crippen molar-refractivity contribution in [2.75, 3.05) is 26.1 Å². The Morgan fingerprint density at radius 1 is 1.00 bits per heavy atom. The summed E-state index contributed by atoms with van der Waals surface area (Å²) in [6, 6.07) is 7.73. The number of benzene rings is 1. The number of aryl methyl sites for hydroxylation is 1. The van der Waals surface area contributed by atoms with E-state index >= 15 is 0 Å². The molecule has 1 N–H and O–H groups in total. The predicted octanol–water partition coefficient (Wildman–Crippen LogP) is 2.82. The number of esters is 3. The van der Waals surface area contributed by atoms with Crippen LogP contribution in [0.4, 0.5) is 5.69 Å². The zero-order valence-electron chi connectivity index (χ0n) is 16.0. The second-order valence-corrected chi connectivity index (χ2v) is 7.04. The molecule has 0 atom stereocenters. The highest BCUT2D eigenvalue weighted by atomic mass is 32.1. The lowest BCUT2D eigenvalue weighted by Gasteiger charge is -2.09. The van der Waals surface area contributed by atoms with Crippen molar-refractivity contribution in [2.24, 2.45) is 0 Å². The third-order valence-corrected chi connectivity index (χ3v) is 4.52. The molecule has 152 valence electrons. The zero-order chi connectivity index (χ0) is 21.4. The molecular formula is C20H19NO7S. The van der Waals surface area contributed by atoms with Crippen molar-refractivity contribution in [2.45, 2.75) is 6.92 Å². The Kier molecular flexibility index (Phi) is 7.67. The van der Waals surface area contributed by atoms with Crippen LogP contribution in [-0.2, 0) is 23.8 Å². The van der Waals surface area contributed by atoms with Crippen molar-refractivity contribution < 1.29 is 33.4 Å². The number of carbonyl (C=O) groups is 4. The van der Waals surface area contributed by atoms with Crippen molar-refractivity contribution in [3.63, 3.8) is 0 Å². The SMILES string of the molecule is COC(=O)c1cc(NC(=O)COC(=O)/C=C/c2ccc(C)s2)cc(C(=O)OC)c1. The van der Waals surface area contributed by atoms with E-state index in [0.29, 0.717) is 0 Å². The molecule has 1 amide bonds. The molecule has 2 rings (SSSR count). The van der Waals surface area contributed by atoms with E-state index in [9.17, 15) is 19.2 Å². The molecule has 0 aliphatic carbocycles. The van der Waals surface area contributed by atoms with Gasteiger partial charge in [-0.2, -0.15) is 0 Å². The minimum atomic E-state index is -0.688. The quantitative estimate of drug-likeness (QED) is 0.419. The third kappa shape index (κ3) is 6.58. The second kappa shape index (κ2) is 10.2. The average Bonchev–Trinajstić information content (AvgIpc) is 3.14. The van der Waals surface area contributed by atoms with Gasteiger partial charge in [-0.15, -0.1) is 11.3 Å². The zero-order valence-corrected chi connectivity index (χ0v) is 16.8. The van der Waals surface area contributed by atoms with Gasteiger partial charge in [-0.05, 0) is 43.3 Å². The lowest BCUT2D eigenvalue weighted by atomic mass is 10.1. The Hall–Kier alpha value is -3.46. The van der Waals surface area contributed by atoms with E-state index in [1.807, 2.05) is 19.1 Å². The summed E-state index contributed by atoms with van der Waals surface area (Å²) in [5.74, 6) is -2.69. The fourth-order valence-electron chi connectivity index (χ4n) is 2.25. The number of anilines is 1. The van der Waals surface area contributed by atoms with Crippen molar-refractivity contribution >= 4 is 46.9 Å². The van der Waals surface area contributed by atoms with Gasteiger partial charge in [0, 0.05) is 21.5 Å². The van der Waals surface area contributed by atoms with Crippen LogP contribution >= 0.6 is 11.3 Å². The van der Waals surface area contributed by atoms with E-state index in [-0.39, 0.29) is 16.8 Å². The van der Waals surface area contributed by atoms with Gasteiger partial charge in [-0.1, -0.05) is 0 Å². The summed E-state index contributed by atoms with van der Waals surface area (Å²) in [5.41, 5.74) is 0.257.